The minimum atomic E-state index is 0. The number of hydrogen-bond donors (Lipinski definition) is 1. The van der Waals surface area contributed by atoms with Gasteiger partial charge in [0.15, 0.2) is 0 Å². The van der Waals surface area contributed by atoms with Crippen LogP contribution in [0, 0.1) is 0 Å². The van der Waals surface area contributed by atoms with E-state index in [1.165, 1.54) is 0 Å². The molecule has 1 aliphatic heterocycles. The summed E-state index contributed by atoms with van der Waals surface area (Å²) in [5.41, 5.74) is 5.83. The van der Waals surface area contributed by atoms with E-state index in [2.05, 4.69) is 4.90 Å². The maximum Gasteiger partial charge on any atom is 0.138 e. The molecule has 0 aliphatic carbocycles. The molecule has 0 spiro atoms. The van der Waals surface area contributed by atoms with Crippen LogP contribution < -0.4 is 10.5 Å². The number of likely N-dealkylation sites (tertiary alicyclic amines) is 1. The lowest BCUT2D eigenvalue weighted by Gasteiger charge is -2.15. The van der Waals surface area contributed by atoms with Gasteiger partial charge in [0.05, 0.1) is 5.02 Å². The highest BCUT2D eigenvalue weighted by molar-refractivity contribution is 6.35. The number of nitrogens with two attached hydrogens (primary N) is 1. The zero-order chi connectivity index (χ0) is 12.3. The molecule has 18 heavy (non-hydrogen) atoms. The monoisotopic (exact) mass is 310 g/mol. The van der Waals surface area contributed by atoms with Crippen molar-refractivity contribution >= 4 is 35.6 Å². The molecule has 1 fully saturated rings. The summed E-state index contributed by atoms with van der Waals surface area (Å²) in [7, 11) is 0. The van der Waals surface area contributed by atoms with Gasteiger partial charge in [0.25, 0.3) is 0 Å². The molecule has 0 saturated carbocycles. The Morgan fingerprint density at radius 3 is 2.78 bits per heavy atom. The van der Waals surface area contributed by atoms with Gasteiger partial charge in [0, 0.05) is 24.2 Å². The summed E-state index contributed by atoms with van der Waals surface area (Å²) >= 11 is 11.8. The summed E-state index contributed by atoms with van der Waals surface area (Å²) in [6.45, 7) is 3.51. The molecule has 0 radical (unpaired) electrons. The van der Waals surface area contributed by atoms with E-state index in [4.69, 9.17) is 33.7 Å². The van der Waals surface area contributed by atoms with Crippen molar-refractivity contribution in [3.05, 3.63) is 28.2 Å². The van der Waals surface area contributed by atoms with E-state index in [-0.39, 0.29) is 12.4 Å². The zero-order valence-electron chi connectivity index (χ0n) is 9.94. The van der Waals surface area contributed by atoms with Crippen LogP contribution in [0.4, 0.5) is 0 Å². The van der Waals surface area contributed by atoms with E-state index in [1.807, 2.05) is 0 Å². The van der Waals surface area contributed by atoms with Crippen LogP contribution in [0.5, 0.6) is 5.75 Å². The van der Waals surface area contributed by atoms with Gasteiger partial charge in [-0.2, -0.15) is 0 Å². The third kappa shape index (κ3) is 4.48. The van der Waals surface area contributed by atoms with Gasteiger partial charge in [-0.05, 0) is 31.2 Å². The predicted molar refractivity (Wildman–Crippen MR) is 78.2 cm³/mol. The lowest BCUT2D eigenvalue weighted by molar-refractivity contribution is 0.236. The summed E-state index contributed by atoms with van der Waals surface area (Å²) in [6, 6.07) is 5.56. The highest BCUT2D eigenvalue weighted by Gasteiger charge is 2.18. The maximum atomic E-state index is 6.01. The topological polar surface area (TPSA) is 38.5 Å². The fourth-order valence-corrected chi connectivity index (χ4v) is 2.41. The Morgan fingerprint density at radius 2 is 2.17 bits per heavy atom. The third-order valence-electron chi connectivity index (χ3n) is 2.87. The molecule has 1 aliphatic rings. The summed E-state index contributed by atoms with van der Waals surface area (Å²) in [5.74, 6) is 0.680. The number of nitrogens with zero attached hydrogens (tertiary/aromatic N) is 1. The highest BCUT2D eigenvalue weighted by Crippen LogP contribution is 2.27. The molecule has 2 rings (SSSR count). The van der Waals surface area contributed by atoms with Crippen LogP contribution in [0.15, 0.2) is 18.2 Å². The van der Waals surface area contributed by atoms with Crippen molar-refractivity contribution in [2.75, 3.05) is 26.2 Å². The van der Waals surface area contributed by atoms with Gasteiger partial charge in [0.2, 0.25) is 0 Å². The highest BCUT2D eigenvalue weighted by atomic mass is 35.5. The van der Waals surface area contributed by atoms with E-state index >= 15 is 0 Å². The second kappa shape index (κ2) is 7.41. The zero-order valence-corrected chi connectivity index (χ0v) is 12.3. The van der Waals surface area contributed by atoms with Gasteiger partial charge in [-0.25, -0.2) is 0 Å². The van der Waals surface area contributed by atoms with Gasteiger partial charge >= 0.3 is 0 Å². The molecule has 3 nitrogen and oxygen atoms in total. The van der Waals surface area contributed by atoms with Crippen molar-refractivity contribution < 1.29 is 4.74 Å². The number of rotatable bonds is 4. The van der Waals surface area contributed by atoms with Crippen molar-refractivity contribution in [1.29, 1.82) is 0 Å². The number of hydrogen-bond acceptors (Lipinski definition) is 3. The Balaban J connectivity index is 0.00000162. The molecule has 1 aromatic rings. The van der Waals surface area contributed by atoms with E-state index in [1.54, 1.807) is 18.2 Å². The van der Waals surface area contributed by atoms with Gasteiger partial charge in [-0.3, -0.25) is 4.90 Å². The maximum absolute atomic E-state index is 6.01. The van der Waals surface area contributed by atoms with Crippen molar-refractivity contribution in [3.8, 4) is 5.75 Å². The first-order valence-electron chi connectivity index (χ1n) is 5.71. The third-order valence-corrected chi connectivity index (χ3v) is 3.40. The Kier molecular flexibility index (Phi) is 6.53. The van der Waals surface area contributed by atoms with E-state index in [9.17, 15) is 0 Å². The van der Waals surface area contributed by atoms with Crippen LogP contribution in [-0.4, -0.2) is 37.2 Å². The van der Waals surface area contributed by atoms with E-state index < -0.39 is 0 Å². The average Bonchev–Trinajstić information content (AvgIpc) is 2.68. The molecule has 2 N–H and O–H groups in total. The average molecular weight is 312 g/mol. The normalized spacial score (nSPS) is 19.6. The van der Waals surface area contributed by atoms with Gasteiger partial charge < -0.3 is 10.5 Å². The molecule has 1 aromatic carbocycles. The molecule has 0 unspecified atom stereocenters. The quantitative estimate of drug-likeness (QED) is 0.929. The minimum Gasteiger partial charge on any atom is -0.491 e. The largest absolute Gasteiger partial charge is 0.491 e. The Hall–Kier alpha value is -0.190. The predicted octanol–water partition coefficient (Wildman–Crippen LogP) is 2.83. The number of benzene rings is 1. The number of ether oxygens (including phenoxy) is 1. The van der Waals surface area contributed by atoms with Crippen molar-refractivity contribution in [3.63, 3.8) is 0 Å². The van der Waals surface area contributed by atoms with Crippen LogP contribution in [0.25, 0.3) is 0 Å². The van der Waals surface area contributed by atoms with Crippen LogP contribution in [-0.2, 0) is 0 Å². The summed E-state index contributed by atoms with van der Waals surface area (Å²) in [4.78, 5) is 2.30. The van der Waals surface area contributed by atoms with Crippen LogP contribution in [0.1, 0.15) is 6.42 Å². The van der Waals surface area contributed by atoms with Crippen LogP contribution >= 0.6 is 35.6 Å². The molecule has 1 saturated heterocycles. The first-order chi connectivity index (χ1) is 8.15. The standard InChI is InChI=1S/C12H16Cl2N2O.ClH/c13-9-1-2-12(11(14)7-9)17-6-5-16-4-3-10(15)8-16;/h1-2,7,10H,3-6,8,15H2;1H/t10-;/m1./s1. The van der Waals surface area contributed by atoms with Gasteiger partial charge in [-0.15, -0.1) is 12.4 Å². The molecular formula is C12H17Cl3N2O. The van der Waals surface area contributed by atoms with Crippen molar-refractivity contribution in [2.45, 2.75) is 12.5 Å². The lowest BCUT2D eigenvalue weighted by atomic mass is 10.3. The van der Waals surface area contributed by atoms with Crippen molar-refractivity contribution in [1.82, 2.24) is 4.90 Å². The summed E-state index contributed by atoms with van der Waals surface area (Å²) in [6.07, 6.45) is 1.07. The molecule has 1 heterocycles. The van der Waals surface area contributed by atoms with E-state index in [0.717, 1.165) is 26.1 Å². The molecule has 0 amide bonds. The molecule has 0 aromatic heterocycles. The van der Waals surface area contributed by atoms with Crippen LogP contribution in [0.3, 0.4) is 0 Å². The molecule has 102 valence electrons. The molecule has 1 atom stereocenters. The fraction of sp³-hybridized carbons (Fsp3) is 0.500. The SMILES string of the molecule is Cl.N[C@@H]1CCN(CCOc2ccc(Cl)cc2Cl)C1. The second-order valence-corrected chi connectivity index (χ2v) is 5.12. The first-order valence-corrected chi connectivity index (χ1v) is 6.46. The first kappa shape index (κ1) is 15.9. The Bertz CT molecular complexity index is 390. The Morgan fingerprint density at radius 1 is 1.39 bits per heavy atom. The molecular weight excluding hydrogens is 295 g/mol. The minimum absolute atomic E-state index is 0. The van der Waals surface area contributed by atoms with Crippen molar-refractivity contribution in [2.24, 2.45) is 5.73 Å². The lowest BCUT2D eigenvalue weighted by Crippen LogP contribution is -2.29. The fourth-order valence-electron chi connectivity index (χ4n) is 1.94. The summed E-state index contributed by atoms with van der Waals surface area (Å²) in [5, 5.41) is 1.17. The van der Waals surface area contributed by atoms with E-state index in [0.29, 0.717) is 28.4 Å². The molecule has 6 heteroatoms. The smallest absolute Gasteiger partial charge is 0.138 e. The molecule has 0 bridgehead atoms. The Labute approximate surface area is 124 Å². The second-order valence-electron chi connectivity index (χ2n) is 4.27. The van der Waals surface area contributed by atoms with Gasteiger partial charge in [0.1, 0.15) is 12.4 Å². The number of halogens is 3. The summed E-state index contributed by atoms with van der Waals surface area (Å²) < 4.78 is 5.62. The van der Waals surface area contributed by atoms with Crippen LogP contribution in [0.2, 0.25) is 10.0 Å². The van der Waals surface area contributed by atoms with Gasteiger partial charge in [-0.1, -0.05) is 23.2 Å².